The number of rotatable bonds is 2. The molecule has 2 aromatic heterocycles. The van der Waals surface area contributed by atoms with E-state index in [0.29, 0.717) is 16.1 Å². The fraction of sp³-hybridized carbons (Fsp3) is 0.0526. The molecule has 0 saturated carbocycles. The van der Waals surface area contributed by atoms with Crippen LogP contribution >= 0.6 is 24.0 Å². The number of benzene rings is 2. The van der Waals surface area contributed by atoms with Crippen LogP contribution in [0.2, 0.25) is 5.02 Å². The SMILES string of the molecule is Cl.FC(F)(F)c1cc(-c2ccc(Cl)cc2)nc2c(-c3ccccc3)cnn12. The zero-order valence-electron chi connectivity index (χ0n) is 13.6. The Kier molecular flexibility index (Phi) is 5.13. The monoisotopic (exact) mass is 409 g/mol. The first-order valence-corrected chi connectivity index (χ1v) is 8.08. The minimum absolute atomic E-state index is 0. The third-order valence-corrected chi connectivity index (χ3v) is 4.24. The van der Waals surface area contributed by atoms with Gasteiger partial charge in [0.15, 0.2) is 11.3 Å². The van der Waals surface area contributed by atoms with E-state index < -0.39 is 11.9 Å². The lowest BCUT2D eigenvalue weighted by Crippen LogP contribution is -2.13. The molecule has 0 bridgehead atoms. The zero-order valence-corrected chi connectivity index (χ0v) is 15.2. The lowest BCUT2D eigenvalue weighted by molar-refractivity contribution is -0.142. The molecule has 2 heterocycles. The average molecular weight is 410 g/mol. The van der Waals surface area contributed by atoms with Crippen LogP contribution in [0.25, 0.3) is 28.0 Å². The third-order valence-electron chi connectivity index (χ3n) is 3.99. The van der Waals surface area contributed by atoms with Crippen LogP contribution in [0.4, 0.5) is 13.2 Å². The van der Waals surface area contributed by atoms with E-state index in [9.17, 15) is 13.2 Å². The molecule has 0 atom stereocenters. The van der Waals surface area contributed by atoms with Gasteiger partial charge in [0.2, 0.25) is 0 Å². The van der Waals surface area contributed by atoms with Crippen LogP contribution in [0.15, 0.2) is 66.9 Å². The lowest BCUT2D eigenvalue weighted by Gasteiger charge is -2.12. The zero-order chi connectivity index (χ0) is 18.3. The molecule has 8 heteroatoms. The topological polar surface area (TPSA) is 30.2 Å². The van der Waals surface area contributed by atoms with Gasteiger partial charge in [-0.1, -0.05) is 54.1 Å². The Balaban J connectivity index is 0.00000210. The Hall–Kier alpha value is -2.57. The van der Waals surface area contributed by atoms with Crippen LogP contribution in [-0.4, -0.2) is 14.6 Å². The molecule has 0 aliphatic heterocycles. The van der Waals surface area contributed by atoms with Gasteiger partial charge >= 0.3 is 6.18 Å². The first kappa shape index (κ1) is 19.2. The predicted octanol–water partition coefficient (Wildman–Crippen LogP) is 6.16. The van der Waals surface area contributed by atoms with E-state index in [0.717, 1.165) is 16.1 Å². The van der Waals surface area contributed by atoms with Gasteiger partial charge in [-0.3, -0.25) is 0 Å². The van der Waals surface area contributed by atoms with Crippen LogP contribution in [-0.2, 0) is 6.18 Å². The second-order valence-electron chi connectivity index (χ2n) is 5.69. The van der Waals surface area contributed by atoms with E-state index in [1.165, 1.54) is 6.20 Å². The molecule has 0 radical (unpaired) electrons. The molecule has 4 aromatic rings. The van der Waals surface area contributed by atoms with Gasteiger partial charge < -0.3 is 0 Å². The smallest absolute Gasteiger partial charge is 0.228 e. The molecule has 3 nitrogen and oxygen atoms in total. The molecule has 0 spiro atoms. The fourth-order valence-corrected chi connectivity index (χ4v) is 2.88. The van der Waals surface area contributed by atoms with Crippen LogP contribution in [0.3, 0.4) is 0 Å². The number of nitrogens with zero attached hydrogens (tertiary/aromatic N) is 3. The van der Waals surface area contributed by atoms with E-state index in [1.807, 2.05) is 18.2 Å². The molecule has 0 amide bonds. The molecule has 0 saturated heterocycles. The molecule has 27 heavy (non-hydrogen) atoms. The van der Waals surface area contributed by atoms with E-state index in [4.69, 9.17) is 11.6 Å². The Bertz CT molecular complexity index is 1080. The van der Waals surface area contributed by atoms with Crippen LogP contribution < -0.4 is 0 Å². The van der Waals surface area contributed by atoms with Crippen molar-refractivity contribution in [1.29, 1.82) is 0 Å². The number of alkyl halides is 3. The maximum Gasteiger partial charge on any atom is 0.433 e. The minimum Gasteiger partial charge on any atom is -0.228 e. The molecule has 0 aliphatic rings. The van der Waals surface area contributed by atoms with Gasteiger partial charge in [-0.2, -0.15) is 18.3 Å². The molecule has 0 unspecified atom stereocenters. The highest BCUT2D eigenvalue weighted by molar-refractivity contribution is 6.30. The van der Waals surface area contributed by atoms with Crippen molar-refractivity contribution in [2.24, 2.45) is 0 Å². The quantitative estimate of drug-likeness (QED) is 0.396. The van der Waals surface area contributed by atoms with Gasteiger partial charge in [0.05, 0.1) is 11.9 Å². The van der Waals surface area contributed by atoms with Crippen molar-refractivity contribution >= 4 is 29.7 Å². The predicted molar refractivity (Wildman–Crippen MR) is 101 cm³/mol. The second-order valence-corrected chi connectivity index (χ2v) is 6.13. The summed E-state index contributed by atoms with van der Waals surface area (Å²) in [6.45, 7) is 0. The molecule has 4 rings (SSSR count). The highest BCUT2D eigenvalue weighted by Crippen LogP contribution is 2.34. The standard InChI is InChI=1S/C19H11ClF3N3.ClH/c20-14-8-6-13(7-9-14)16-10-17(19(21,22)23)26-18(25-16)15(11-24-26)12-4-2-1-3-5-12;/h1-11H;1H. The maximum absolute atomic E-state index is 13.6. The van der Waals surface area contributed by atoms with Crippen molar-refractivity contribution in [1.82, 2.24) is 14.6 Å². The molecule has 138 valence electrons. The summed E-state index contributed by atoms with van der Waals surface area (Å²) >= 11 is 5.87. The van der Waals surface area contributed by atoms with Crippen molar-refractivity contribution in [2.75, 3.05) is 0 Å². The molecule has 0 aliphatic carbocycles. The Morgan fingerprint density at radius 1 is 0.889 bits per heavy atom. The van der Waals surface area contributed by atoms with Crippen LogP contribution in [0, 0.1) is 0 Å². The van der Waals surface area contributed by atoms with Gasteiger partial charge in [0.1, 0.15) is 0 Å². The third kappa shape index (κ3) is 3.63. The largest absolute Gasteiger partial charge is 0.433 e. The number of hydrogen-bond acceptors (Lipinski definition) is 2. The van der Waals surface area contributed by atoms with Crippen molar-refractivity contribution in [2.45, 2.75) is 6.18 Å². The Morgan fingerprint density at radius 2 is 1.56 bits per heavy atom. The normalized spacial score (nSPS) is 11.4. The highest BCUT2D eigenvalue weighted by Gasteiger charge is 2.35. The number of aromatic nitrogens is 3. The Morgan fingerprint density at radius 3 is 2.19 bits per heavy atom. The second kappa shape index (κ2) is 7.21. The van der Waals surface area contributed by atoms with Crippen molar-refractivity contribution in [3.63, 3.8) is 0 Å². The summed E-state index contributed by atoms with van der Waals surface area (Å²) in [4.78, 5) is 4.44. The summed E-state index contributed by atoms with van der Waals surface area (Å²) in [5.74, 6) is 0. The van der Waals surface area contributed by atoms with Crippen LogP contribution in [0.5, 0.6) is 0 Å². The van der Waals surface area contributed by atoms with Gasteiger partial charge in [-0.05, 0) is 23.8 Å². The molecule has 0 N–H and O–H groups in total. The van der Waals surface area contributed by atoms with Crippen molar-refractivity contribution < 1.29 is 13.2 Å². The average Bonchev–Trinajstić information content (AvgIpc) is 3.05. The summed E-state index contributed by atoms with van der Waals surface area (Å²) in [6, 6.07) is 16.6. The van der Waals surface area contributed by atoms with E-state index in [-0.39, 0.29) is 23.7 Å². The Labute approximate surface area is 163 Å². The molecule has 2 aromatic carbocycles. The number of halogens is 5. The maximum atomic E-state index is 13.6. The summed E-state index contributed by atoms with van der Waals surface area (Å²) < 4.78 is 41.6. The minimum atomic E-state index is -4.57. The first-order valence-electron chi connectivity index (χ1n) is 7.71. The van der Waals surface area contributed by atoms with E-state index in [1.54, 1.807) is 36.4 Å². The lowest BCUT2D eigenvalue weighted by atomic mass is 10.1. The van der Waals surface area contributed by atoms with Gasteiger partial charge in [-0.25, -0.2) is 9.50 Å². The fourth-order valence-electron chi connectivity index (χ4n) is 2.75. The highest BCUT2D eigenvalue weighted by atomic mass is 35.5. The first-order chi connectivity index (χ1) is 12.4. The van der Waals surface area contributed by atoms with Gasteiger partial charge in [0, 0.05) is 16.1 Å². The van der Waals surface area contributed by atoms with Gasteiger partial charge in [0.25, 0.3) is 0 Å². The number of hydrogen-bond donors (Lipinski definition) is 0. The van der Waals surface area contributed by atoms with E-state index in [2.05, 4.69) is 10.1 Å². The van der Waals surface area contributed by atoms with E-state index >= 15 is 0 Å². The van der Waals surface area contributed by atoms with Crippen molar-refractivity contribution in [3.8, 4) is 22.4 Å². The van der Waals surface area contributed by atoms with Gasteiger partial charge in [-0.15, -0.1) is 12.4 Å². The summed E-state index contributed by atoms with van der Waals surface area (Å²) in [7, 11) is 0. The molecule has 0 fully saturated rings. The molecular formula is C19H12Cl2F3N3. The number of fused-ring (bicyclic) bond motifs is 1. The summed E-state index contributed by atoms with van der Waals surface area (Å²) in [5.41, 5.74) is 1.30. The van der Waals surface area contributed by atoms with Crippen molar-refractivity contribution in [3.05, 3.63) is 77.6 Å². The molecular weight excluding hydrogens is 398 g/mol. The van der Waals surface area contributed by atoms with Crippen LogP contribution in [0.1, 0.15) is 5.69 Å². The summed E-state index contributed by atoms with van der Waals surface area (Å²) in [5, 5.41) is 4.42. The summed E-state index contributed by atoms with van der Waals surface area (Å²) in [6.07, 6.45) is -3.17.